The van der Waals surface area contributed by atoms with Gasteiger partial charge in [0, 0.05) is 0 Å². The Bertz CT molecular complexity index is 139. The number of carbonyl (C=O) groups excluding carboxylic acids is 1. The highest BCUT2D eigenvalue weighted by Gasteiger charge is 2.27. The van der Waals surface area contributed by atoms with E-state index in [2.05, 4.69) is 5.32 Å². The molecule has 0 bridgehead atoms. The van der Waals surface area contributed by atoms with Crippen molar-refractivity contribution in [2.24, 2.45) is 0 Å². The van der Waals surface area contributed by atoms with Crippen molar-refractivity contribution in [3.8, 4) is 0 Å². The molecule has 7 heteroatoms. The lowest BCUT2D eigenvalue weighted by Gasteiger charge is -2.07. The first-order valence-electron chi connectivity index (χ1n) is 2.94. The molecule has 0 aromatic carbocycles. The maximum atomic E-state index is 11.4. The summed E-state index contributed by atoms with van der Waals surface area (Å²) in [4.78, 5) is 10.4. The fourth-order valence-electron chi connectivity index (χ4n) is 0.422. The summed E-state index contributed by atoms with van der Waals surface area (Å²) in [6, 6.07) is 0. The summed E-state index contributed by atoms with van der Waals surface area (Å²) in [6.45, 7) is -1.37. The number of amides is 1. The Labute approximate surface area is 74.1 Å². The molecule has 0 atom stereocenters. The molecule has 0 unspecified atom stereocenters. The van der Waals surface area contributed by atoms with Crippen LogP contribution in [-0.2, 0) is 4.79 Å². The van der Waals surface area contributed by atoms with Gasteiger partial charge in [-0.05, 0) is 7.05 Å². The van der Waals surface area contributed by atoms with Crippen LogP contribution in [0.3, 0.4) is 0 Å². The molecule has 0 saturated heterocycles. The molecule has 0 aliphatic rings. The topological polar surface area (TPSA) is 41.1 Å². The summed E-state index contributed by atoms with van der Waals surface area (Å²) in [7, 11) is 1.48. The predicted molar refractivity (Wildman–Crippen MR) is 40.2 cm³/mol. The summed E-state index contributed by atoms with van der Waals surface area (Å²) >= 11 is 0. The number of halogens is 4. The molecule has 74 valence electrons. The van der Waals surface area contributed by atoms with Crippen molar-refractivity contribution in [2.75, 3.05) is 20.1 Å². The minimum atomic E-state index is -4.33. The van der Waals surface area contributed by atoms with Gasteiger partial charge < -0.3 is 10.6 Å². The van der Waals surface area contributed by atoms with Crippen LogP contribution in [0.5, 0.6) is 0 Å². The Morgan fingerprint density at radius 3 is 2.25 bits per heavy atom. The number of nitrogens with one attached hydrogen (secondary N) is 2. The van der Waals surface area contributed by atoms with E-state index in [1.165, 1.54) is 7.05 Å². The Balaban J connectivity index is 0. The molecule has 0 fully saturated rings. The third-order valence-electron chi connectivity index (χ3n) is 0.823. The maximum absolute atomic E-state index is 11.4. The van der Waals surface area contributed by atoms with Gasteiger partial charge in [-0.2, -0.15) is 13.2 Å². The number of hydrogen-bond donors (Lipinski definition) is 2. The minimum absolute atomic E-state index is 0. The third-order valence-corrected chi connectivity index (χ3v) is 0.823. The van der Waals surface area contributed by atoms with Crippen molar-refractivity contribution in [3.63, 3.8) is 0 Å². The molecule has 0 aromatic rings. The van der Waals surface area contributed by atoms with Gasteiger partial charge in [-0.3, -0.25) is 4.79 Å². The molecule has 2 N–H and O–H groups in total. The molecule has 0 radical (unpaired) electrons. The third kappa shape index (κ3) is 9.51. The molecule has 1 amide bonds. The summed E-state index contributed by atoms with van der Waals surface area (Å²) in [6.07, 6.45) is -4.33. The molecular weight excluding hydrogens is 197 g/mol. The zero-order chi connectivity index (χ0) is 8.91. The van der Waals surface area contributed by atoms with Crippen molar-refractivity contribution in [1.82, 2.24) is 10.6 Å². The molecule has 0 spiro atoms. The van der Waals surface area contributed by atoms with Gasteiger partial charge in [0.1, 0.15) is 6.54 Å². The lowest BCUT2D eigenvalue weighted by Crippen LogP contribution is -2.38. The van der Waals surface area contributed by atoms with Crippen molar-refractivity contribution in [1.29, 1.82) is 0 Å². The van der Waals surface area contributed by atoms with Gasteiger partial charge in [0.25, 0.3) is 0 Å². The van der Waals surface area contributed by atoms with E-state index in [0.29, 0.717) is 0 Å². The lowest BCUT2D eigenvalue weighted by atomic mass is 10.5. The fraction of sp³-hybridized carbons (Fsp3) is 0.800. The molecule has 0 aliphatic carbocycles. The highest BCUT2D eigenvalue weighted by atomic mass is 35.5. The standard InChI is InChI=1S/C5H9F3N2O.ClH/c1-9-2-4(11)10-3-5(6,7)8;/h9H,2-3H2,1H3,(H,10,11);1H. The van der Waals surface area contributed by atoms with E-state index in [9.17, 15) is 18.0 Å². The largest absolute Gasteiger partial charge is 0.405 e. The Hall–Kier alpha value is -0.490. The summed E-state index contributed by atoms with van der Waals surface area (Å²) in [5, 5.41) is 4.12. The normalized spacial score (nSPS) is 10.3. The van der Waals surface area contributed by atoms with Gasteiger partial charge in [0.2, 0.25) is 5.91 Å². The molecule has 0 aliphatic heterocycles. The van der Waals surface area contributed by atoms with Crippen LogP contribution in [0, 0.1) is 0 Å². The second kappa shape index (κ2) is 6.07. The number of alkyl halides is 3. The highest BCUT2D eigenvalue weighted by Crippen LogP contribution is 2.11. The maximum Gasteiger partial charge on any atom is 0.405 e. The molecule has 0 aromatic heterocycles. The second-order valence-electron chi connectivity index (χ2n) is 1.92. The number of likely N-dealkylation sites (N-methyl/N-ethyl adjacent to an activating group) is 1. The Kier molecular flexibility index (Phi) is 7.12. The van der Waals surface area contributed by atoms with Crippen LogP contribution in [0.1, 0.15) is 0 Å². The van der Waals surface area contributed by atoms with Crippen LogP contribution in [0.15, 0.2) is 0 Å². The minimum Gasteiger partial charge on any atom is -0.346 e. The predicted octanol–water partition coefficient (Wildman–Crippen LogP) is 0.306. The van der Waals surface area contributed by atoms with E-state index < -0.39 is 18.6 Å². The van der Waals surface area contributed by atoms with Gasteiger partial charge in [-0.1, -0.05) is 0 Å². The van der Waals surface area contributed by atoms with Gasteiger partial charge >= 0.3 is 6.18 Å². The fourth-order valence-corrected chi connectivity index (χ4v) is 0.422. The summed E-state index contributed by atoms with van der Waals surface area (Å²) in [5.41, 5.74) is 0. The zero-order valence-corrected chi connectivity index (χ0v) is 7.18. The quantitative estimate of drug-likeness (QED) is 0.698. The zero-order valence-electron chi connectivity index (χ0n) is 6.36. The van der Waals surface area contributed by atoms with E-state index >= 15 is 0 Å². The molecule has 3 nitrogen and oxygen atoms in total. The van der Waals surface area contributed by atoms with Gasteiger partial charge in [-0.25, -0.2) is 0 Å². The lowest BCUT2D eigenvalue weighted by molar-refractivity contribution is -0.137. The van der Waals surface area contributed by atoms with Gasteiger partial charge in [0.05, 0.1) is 6.54 Å². The first-order chi connectivity index (χ1) is 4.95. The van der Waals surface area contributed by atoms with E-state index in [-0.39, 0.29) is 19.0 Å². The average Bonchev–Trinajstić information content (AvgIpc) is 1.83. The molecule has 12 heavy (non-hydrogen) atoms. The first kappa shape index (κ1) is 14.1. The molecular formula is C5H10ClF3N2O. The monoisotopic (exact) mass is 206 g/mol. The van der Waals surface area contributed by atoms with Crippen LogP contribution in [0.25, 0.3) is 0 Å². The van der Waals surface area contributed by atoms with Crippen LogP contribution >= 0.6 is 12.4 Å². The van der Waals surface area contributed by atoms with Gasteiger partial charge in [-0.15, -0.1) is 12.4 Å². The van der Waals surface area contributed by atoms with E-state index in [0.717, 1.165) is 0 Å². The van der Waals surface area contributed by atoms with Crippen molar-refractivity contribution in [2.45, 2.75) is 6.18 Å². The van der Waals surface area contributed by atoms with E-state index in [4.69, 9.17) is 0 Å². The Morgan fingerprint density at radius 2 is 1.92 bits per heavy atom. The van der Waals surface area contributed by atoms with Crippen molar-refractivity contribution >= 4 is 18.3 Å². The highest BCUT2D eigenvalue weighted by molar-refractivity contribution is 5.85. The average molecular weight is 207 g/mol. The van der Waals surface area contributed by atoms with Crippen LogP contribution in [0.2, 0.25) is 0 Å². The van der Waals surface area contributed by atoms with Crippen LogP contribution in [-0.4, -0.2) is 32.2 Å². The van der Waals surface area contributed by atoms with Crippen LogP contribution < -0.4 is 10.6 Å². The molecule has 0 heterocycles. The van der Waals surface area contributed by atoms with E-state index in [1.54, 1.807) is 5.32 Å². The van der Waals surface area contributed by atoms with Crippen molar-refractivity contribution in [3.05, 3.63) is 0 Å². The summed E-state index contributed by atoms with van der Waals surface area (Å²) < 4.78 is 34.3. The van der Waals surface area contributed by atoms with Crippen LogP contribution in [0.4, 0.5) is 13.2 Å². The van der Waals surface area contributed by atoms with Gasteiger partial charge in [0.15, 0.2) is 0 Å². The Morgan fingerprint density at radius 1 is 1.42 bits per heavy atom. The smallest absolute Gasteiger partial charge is 0.346 e. The number of hydrogen-bond acceptors (Lipinski definition) is 2. The summed E-state index contributed by atoms with van der Waals surface area (Å²) in [5.74, 6) is -0.662. The first-order valence-corrected chi connectivity index (χ1v) is 2.94. The molecule has 0 saturated carbocycles. The van der Waals surface area contributed by atoms with E-state index in [1.807, 2.05) is 0 Å². The molecule has 0 rings (SSSR count). The number of carbonyl (C=O) groups is 1. The SMILES string of the molecule is CNCC(=O)NCC(F)(F)F.Cl. The second-order valence-corrected chi connectivity index (χ2v) is 1.92. The van der Waals surface area contributed by atoms with Crippen molar-refractivity contribution < 1.29 is 18.0 Å². The number of rotatable bonds is 3.